The monoisotopic (exact) mass is 325 g/mol. The number of rotatable bonds is 10. The van der Waals surface area contributed by atoms with Crippen LogP contribution in [0.4, 0.5) is 0 Å². The van der Waals surface area contributed by atoms with E-state index < -0.39 is 0 Å². The Labute approximate surface area is 147 Å². The molecule has 0 radical (unpaired) electrons. The topological polar surface area (TPSA) is 22.1 Å². The lowest BCUT2D eigenvalue weighted by Gasteiger charge is -2.13. The maximum atomic E-state index is 5.84. The molecule has 2 heteroatoms. The molecule has 0 amide bonds. The molecule has 0 N–H and O–H groups in total. The highest BCUT2D eigenvalue weighted by Gasteiger charge is 2.09. The molecule has 1 aromatic heterocycles. The molecule has 0 fully saturated rings. The highest BCUT2D eigenvalue weighted by Crippen LogP contribution is 2.25. The Morgan fingerprint density at radius 2 is 1.58 bits per heavy atom. The van der Waals surface area contributed by atoms with E-state index in [0.29, 0.717) is 5.92 Å². The molecule has 0 bridgehead atoms. The molecule has 2 rings (SSSR count). The van der Waals surface area contributed by atoms with E-state index in [-0.39, 0.29) is 0 Å². The van der Waals surface area contributed by atoms with Gasteiger partial charge < -0.3 is 4.74 Å². The first-order chi connectivity index (χ1) is 11.7. The zero-order valence-electron chi connectivity index (χ0n) is 15.4. The number of benzene rings is 1. The van der Waals surface area contributed by atoms with Crippen LogP contribution in [0.5, 0.6) is 5.75 Å². The van der Waals surface area contributed by atoms with Gasteiger partial charge in [-0.1, -0.05) is 64.7 Å². The highest BCUT2D eigenvalue weighted by atomic mass is 16.5. The van der Waals surface area contributed by atoms with Gasteiger partial charge in [0.05, 0.1) is 6.61 Å². The summed E-state index contributed by atoms with van der Waals surface area (Å²) >= 11 is 0. The van der Waals surface area contributed by atoms with E-state index in [1.54, 1.807) is 0 Å². The van der Waals surface area contributed by atoms with Crippen molar-refractivity contribution in [3.63, 3.8) is 0 Å². The highest BCUT2D eigenvalue weighted by molar-refractivity contribution is 5.34. The summed E-state index contributed by atoms with van der Waals surface area (Å²) in [4.78, 5) is 4.51. The summed E-state index contributed by atoms with van der Waals surface area (Å²) in [5, 5.41) is 0. The van der Waals surface area contributed by atoms with Gasteiger partial charge in [0.1, 0.15) is 5.75 Å². The molecule has 2 nitrogen and oxygen atoms in total. The zero-order chi connectivity index (χ0) is 17.2. The number of ether oxygens (including phenoxy) is 1. The van der Waals surface area contributed by atoms with Crippen LogP contribution in [0.1, 0.15) is 75.6 Å². The molecular formula is C22H31NO. The van der Waals surface area contributed by atoms with Gasteiger partial charge in [0.15, 0.2) is 0 Å². The fraction of sp³-hybridized carbons (Fsp3) is 0.500. The molecule has 0 aliphatic heterocycles. The van der Waals surface area contributed by atoms with E-state index >= 15 is 0 Å². The first kappa shape index (κ1) is 18.5. The Hall–Kier alpha value is -1.83. The van der Waals surface area contributed by atoms with Crippen LogP contribution in [-0.2, 0) is 6.42 Å². The lowest BCUT2D eigenvalue weighted by atomic mass is 9.94. The summed E-state index contributed by atoms with van der Waals surface area (Å²) in [6.45, 7) is 7.43. The van der Waals surface area contributed by atoms with Crippen LogP contribution in [0.25, 0.3) is 0 Å². The van der Waals surface area contributed by atoms with Crippen molar-refractivity contribution in [3.8, 4) is 5.75 Å². The van der Waals surface area contributed by atoms with Crippen LogP contribution in [0.3, 0.4) is 0 Å². The Bertz CT molecular complexity index is 574. The van der Waals surface area contributed by atoms with E-state index in [1.165, 1.54) is 36.8 Å². The second-order valence-corrected chi connectivity index (χ2v) is 6.49. The summed E-state index contributed by atoms with van der Waals surface area (Å²) in [7, 11) is 0. The van der Waals surface area contributed by atoms with E-state index in [1.807, 2.05) is 6.20 Å². The molecule has 0 aliphatic rings. The number of hydrogen-bond donors (Lipinski definition) is 0. The van der Waals surface area contributed by atoms with Crippen molar-refractivity contribution in [2.45, 2.75) is 65.2 Å². The average molecular weight is 325 g/mol. The summed E-state index contributed by atoms with van der Waals surface area (Å²) in [5.74, 6) is 1.33. The predicted octanol–water partition coefficient (Wildman–Crippen LogP) is 6.15. The largest absolute Gasteiger partial charge is 0.494 e. The van der Waals surface area contributed by atoms with Crippen LogP contribution in [0, 0.1) is 0 Å². The van der Waals surface area contributed by atoms with Gasteiger partial charge in [-0.2, -0.15) is 0 Å². The van der Waals surface area contributed by atoms with Gasteiger partial charge in [-0.25, -0.2) is 0 Å². The summed E-state index contributed by atoms with van der Waals surface area (Å²) in [6.07, 6.45) is 9.35. The molecule has 1 unspecified atom stereocenters. The standard InChI is InChI=1S/C22H31NO/c1-4-6-7-8-9-16-24-22-14-11-19(12-15-22)18(3)20-10-13-21(5-2)23-17-20/h10-15,17-18H,4-9,16H2,1-3H3. The molecule has 1 atom stereocenters. The van der Waals surface area contributed by atoms with Crippen molar-refractivity contribution in [3.05, 3.63) is 59.4 Å². The number of hydrogen-bond acceptors (Lipinski definition) is 2. The molecule has 2 aromatic rings. The van der Waals surface area contributed by atoms with E-state index in [9.17, 15) is 0 Å². The Balaban J connectivity index is 1.84. The van der Waals surface area contributed by atoms with Crippen molar-refractivity contribution in [1.29, 1.82) is 0 Å². The minimum Gasteiger partial charge on any atom is -0.494 e. The number of pyridine rings is 1. The second-order valence-electron chi connectivity index (χ2n) is 6.49. The predicted molar refractivity (Wildman–Crippen MR) is 102 cm³/mol. The molecule has 0 saturated heterocycles. The van der Waals surface area contributed by atoms with E-state index in [2.05, 4.69) is 62.2 Å². The molecule has 0 saturated carbocycles. The van der Waals surface area contributed by atoms with Crippen LogP contribution in [0.2, 0.25) is 0 Å². The second kappa shape index (κ2) is 10.1. The lowest BCUT2D eigenvalue weighted by molar-refractivity contribution is 0.304. The van der Waals surface area contributed by atoms with Gasteiger partial charge in [0.25, 0.3) is 0 Å². The van der Waals surface area contributed by atoms with Crippen LogP contribution in [-0.4, -0.2) is 11.6 Å². The van der Waals surface area contributed by atoms with Crippen molar-refractivity contribution >= 4 is 0 Å². The molecule has 24 heavy (non-hydrogen) atoms. The lowest BCUT2D eigenvalue weighted by Crippen LogP contribution is -2.00. The summed E-state index contributed by atoms with van der Waals surface area (Å²) < 4.78 is 5.84. The summed E-state index contributed by atoms with van der Waals surface area (Å²) in [5.41, 5.74) is 3.71. The fourth-order valence-corrected chi connectivity index (χ4v) is 2.84. The third-order valence-corrected chi connectivity index (χ3v) is 4.61. The van der Waals surface area contributed by atoms with Gasteiger partial charge >= 0.3 is 0 Å². The van der Waals surface area contributed by atoms with Gasteiger partial charge in [0.2, 0.25) is 0 Å². The first-order valence-corrected chi connectivity index (χ1v) is 9.42. The minimum absolute atomic E-state index is 0.353. The Morgan fingerprint density at radius 1 is 0.875 bits per heavy atom. The Kier molecular flexibility index (Phi) is 7.81. The van der Waals surface area contributed by atoms with Crippen LogP contribution in [0.15, 0.2) is 42.6 Å². The van der Waals surface area contributed by atoms with Crippen molar-refractivity contribution in [1.82, 2.24) is 4.98 Å². The Morgan fingerprint density at radius 3 is 2.21 bits per heavy atom. The molecular weight excluding hydrogens is 294 g/mol. The van der Waals surface area contributed by atoms with Gasteiger partial charge in [-0.15, -0.1) is 0 Å². The third kappa shape index (κ3) is 5.67. The van der Waals surface area contributed by atoms with Gasteiger partial charge in [0, 0.05) is 17.8 Å². The smallest absolute Gasteiger partial charge is 0.119 e. The molecule has 1 heterocycles. The van der Waals surface area contributed by atoms with E-state index in [4.69, 9.17) is 4.74 Å². The molecule has 1 aromatic carbocycles. The number of nitrogens with zero attached hydrogens (tertiary/aromatic N) is 1. The number of aromatic nitrogens is 1. The normalized spacial score (nSPS) is 12.1. The van der Waals surface area contributed by atoms with Gasteiger partial charge in [-0.3, -0.25) is 4.98 Å². The number of aryl methyl sites for hydroxylation is 1. The third-order valence-electron chi connectivity index (χ3n) is 4.61. The average Bonchev–Trinajstić information content (AvgIpc) is 2.64. The maximum absolute atomic E-state index is 5.84. The van der Waals surface area contributed by atoms with Gasteiger partial charge in [-0.05, 0) is 42.2 Å². The minimum atomic E-state index is 0.353. The van der Waals surface area contributed by atoms with Crippen molar-refractivity contribution < 1.29 is 4.74 Å². The van der Waals surface area contributed by atoms with E-state index in [0.717, 1.165) is 30.9 Å². The fourth-order valence-electron chi connectivity index (χ4n) is 2.84. The van der Waals surface area contributed by atoms with Crippen molar-refractivity contribution in [2.24, 2.45) is 0 Å². The first-order valence-electron chi connectivity index (χ1n) is 9.42. The molecule has 0 spiro atoms. The van der Waals surface area contributed by atoms with Crippen LogP contribution < -0.4 is 4.74 Å². The molecule has 130 valence electrons. The molecule has 0 aliphatic carbocycles. The zero-order valence-corrected chi connectivity index (χ0v) is 15.4. The quantitative estimate of drug-likeness (QED) is 0.489. The van der Waals surface area contributed by atoms with Crippen LogP contribution >= 0.6 is 0 Å². The summed E-state index contributed by atoms with van der Waals surface area (Å²) in [6, 6.07) is 12.8. The SMILES string of the molecule is CCCCCCCOc1ccc(C(C)c2ccc(CC)nc2)cc1. The number of unbranched alkanes of at least 4 members (excludes halogenated alkanes) is 4. The van der Waals surface area contributed by atoms with Crippen molar-refractivity contribution in [2.75, 3.05) is 6.61 Å². The maximum Gasteiger partial charge on any atom is 0.119 e.